The fourth-order valence-electron chi connectivity index (χ4n) is 2.51. The molecule has 0 fully saturated rings. The van der Waals surface area contributed by atoms with Crippen molar-refractivity contribution < 1.29 is 9.53 Å². The van der Waals surface area contributed by atoms with Crippen LogP contribution in [0.1, 0.15) is 0 Å². The summed E-state index contributed by atoms with van der Waals surface area (Å²) in [7, 11) is 1.75. The zero-order valence-corrected chi connectivity index (χ0v) is 14.8. The lowest BCUT2D eigenvalue weighted by atomic mass is 10.1. The van der Waals surface area contributed by atoms with E-state index in [1.807, 2.05) is 72.8 Å². The van der Waals surface area contributed by atoms with E-state index < -0.39 is 0 Å². The van der Waals surface area contributed by atoms with Gasteiger partial charge in [0.05, 0.1) is 6.54 Å². The lowest BCUT2D eigenvalue weighted by Gasteiger charge is -2.18. The quantitative estimate of drug-likeness (QED) is 0.690. The van der Waals surface area contributed by atoms with Gasteiger partial charge < -0.3 is 15.0 Å². The van der Waals surface area contributed by atoms with Crippen molar-refractivity contribution >= 4 is 11.7 Å². The SMILES string of the molecule is CN(CCOc1ccccc1)C(=O)Nc1ccc(-c2ccccc2)cc1. The van der Waals surface area contributed by atoms with Crippen LogP contribution in [-0.4, -0.2) is 31.1 Å². The maximum absolute atomic E-state index is 12.3. The van der Waals surface area contributed by atoms with Gasteiger partial charge in [-0.05, 0) is 35.4 Å². The predicted molar refractivity (Wildman–Crippen MR) is 105 cm³/mol. The predicted octanol–water partition coefficient (Wildman–Crippen LogP) is 4.90. The monoisotopic (exact) mass is 346 g/mol. The Labute approximate surface area is 154 Å². The van der Waals surface area contributed by atoms with Crippen LogP contribution in [0.3, 0.4) is 0 Å². The Bertz CT molecular complexity index is 818. The zero-order chi connectivity index (χ0) is 18.2. The van der Waals surface area contributed by atoms with Crippen molar-refractivity contribution in [3.8, 4) is 16.9 Å². The number of benzene rings is 3. The summed E-state index contributed by atoms with van der Waals surface area (Å²) in [6, 6.07) is 27.4. The summed E-state index contributed by atoms with van der Waals surface area (Å²) >= 11 is 0. The number of anilines is 1. The van der Waals surface area contributed by atoms with Crippen molar-refractivity contribution in [2.24, 2.45) is 0 Å². The number of urea groups is 1. The zero-order valence-electron chi connectivity index (χ0n) is 14.8. The second kappa shape index (κ2) is 8.72. The highest BCUT2D eigenvalue weighted by Gasteiger charge is 2.09. The van der Waals surface area contributed by atoms with Gasteiger partial charge >= 0.3 is 6.03 Å². The van der Waals surface area contributed by atoms with Gasteiger partial charge in [-0.15, -0.1) is 0 Å². The first-order chi connectivity index (χ1) is 12.7. The van der Waals surface area contributed by atoms with E-state index in [4.69, 9.17) is 4.74 Å². The van der Waals surface area contributed by atoms with Crippen LogP contribution in [0.25, 0.3) is 11.1 Å². The lowest BCUT2D eigenvalue weighted by molar-refractivity contribution is 0.207. The first-order valence-electron chi connectivity index (χ1n) is 8.58. The summed E-state index contributed by atoms with van der Waals surface area (Å²) in [6.07, 6.45) is 0. The fourth-order valence-corrected chi connectivity index (χ4v) is 2.51. The van der Waals surface area contributed by atoms with Crippen LogP contribution in [0, 0.1) is 0 Å². The van der Waals surface area contributed by atoms with E-state index in [1.165, 1.54) is 0 Å². The van der Waals surface area contributed by atoms with E-state index in [0.717, 1.165) is 22.6 Å². The molecule has 0 saturated carbocycles. The summed E-state index contributed by atoms with van der Waals surface area (Å²) in [5, 5.41) is 2.90. The number of rotatable bonds is 6. The number of carbonyl (C=O) groups is 1. The number of likely N-dealkylation sites (N-methyl/N-ethyl adjacent to an activating group) is 1. The molecule has 132 valence electrons. The first-order valence-corrected chi connectivity index (χ1v) is 8.58. The molecule has 2 amide bonds. The molecular formula is C22H22N2O2. The molecule has 0 atom stereocenters. The van der Waals surface area contributed by atoms with Gasteiger partial charge in [0, 0.05) is 12.7 Å². The Morgan fingerprint density at radius 3 is 2.08 bits per heavy atom. The smallest absolute Gasteiger partial charge is 0.321 e. The average molecular weight is 346 g/mol. The molecule has 4 nitrogen and oxygen atoms in total. The Balaban J connectivity index is 1.49. The fraction of sp³-hybridized carbons (Fsp3) is 0.136. The highest BCUT2D eigenvalue weighted by molar-refractivity contribution is 5.89. The van der Waals surface area contributed by atoms with Gasteiger partial charge in [-0.1, -0.05) is 60.7 Å². The Morgan fingerprint density at radius 1 is 0.846 bits per heavy atom. The normalized spacial score (nSPS) is 10.2. The van der Waals surface area contributed by atoms with Gasteiger partial charge in [0.1, 0.15) is 12.4 Å². The van der Waals surface area contributed by atoms with Crippen LogP contribution in [0.2, 0.25) is 0 Å². The Kier molecular flexibility index (Phi) is 5.88. The molecule has 26 heavy (non-hydrogen) atoms. The number of hydrogen-bond acceptors (Lipinski definition) is 2. The third-order valence-electron chi connectivity index (χ3n) is 4.03. The molecule has 3 aromatic carbocycles. The lowest BCUT2D eigenvalue weighted by Crippen LogP contribution is -2.34. The van der Waals surface area contributed by atoms with Crippen LogP contribution < -0.4 is 10.1 Å². The van der Waals surface area contributed by atoms with Crippen molar-refractivity contribution in [1.29, 1.82) is 0 Å². The molecule has 1 N–H and O–H groups in total. The second-order valence-electron chi connectivity index (χ2n) is 5.96. The summed E-state index contributed by atoms with van der Waals surface area (Å²) in [5.41, 5.74) is 3.04. The largest absolute Gasteiger partial charge is 0.492 e. The third kappa shape index (κ3) is 4.86. The first kappa shape index (κ1) is 17.5. The summed E-state index contributed by atoms with van der Waals surface area (Å²) in [6.45, 7) is 0.948. The number of amides is 2. The molecule has 3 rings (SSSR count). The van der Waals surface area contributed by atoms with Crippen LogP contribution in [-0.2, 0) is 0 Å². The molecule has 0 aliphatic rings. The van der Waals surface area contributed by atoms with Crippen LogP contribution in [0.4, 0.5) is 10.5 Å². The number of para-hydroxylation sites is 1. The summed E-state index contributed by atoms with van der Waals surface area (Å²) in [5.74, 6) is 0.804. The van der Waals surface area contributed by atoms with E-state index in [1.54, 1.807) is 11.9 Å². The molecule has 0 heterocycles. The third-order valence-corrected chi connectivity index (χ3v) is 4.03. The highest BCUT2D eigenvalue weighted by atomic mass is 16.5. The van der Waals surface area contributed by atoms with Gasteiger partial charge in [0.2, 0.25) is 0 Å². The van der Waals surface area contributed by atoms with Crippen molar-refractivity contribution in [2.75, 3.05) is 25.5 Å². The Hall–Kier alpha value is -3.27. The Morgan fingerprint density at radius 2 is 1.42 bits per heavy atom. The second-order valence-corrected chi connectivity index (χ2v) is 5.96. The van der Waals surface area contributed by atoms with Crippen molar-refractivity contribution in [3.05, 3.63) is 84.9 Å². The summed E-state index contributed by atoms with van der Waals surface area (Å²) in [4.78, 5) is 13.9. The molecule has 0 aliphatic heterocycles. The van der Waals surface area contributed by atoms with Crippen molar-refractivity contribution in [1.82, 2.24) is 4.90 Å². The molecule has 3 aromatic rings. The maximum Gasteiger partial charge on any atom is 0.321 e. The van der Waals surface area contributed by atoms with E-state index in [-0.39, 0.29) is 6.03 Å². The van der Waals surface area contributed by atoms with E-state index >= 15 is 0 Å². The molecule has 0 spiro atoms. The van der Waals surface area contributed by atoms with Gasteiger partial charge in [-0.3, -0.25) is 0 Å². The van der Waals surface area contributed by atoms with Crippen molar-refractivity contribution in [2.45, 2.75) is 0 Å². The van der Waals surface area contributed by atoms with Gasteiger partial charge in [-0.25, -0.2) is 4.79 Å². The summed E-state index contributed by atoms with van der Waals surface area (Å²) < 4.78 is 5.62. The van der Waals surface area contributed by atoms with Gasteiger partial charge in [0.25, 0.3) is 0 Å². The molecule has 0 bridgehead atoms. The van der Waals surface area contributed by atoms with Crippen LogP contribution in [0.5, 0.6) is 5.75 Å². The molecule has 0 saturated heterocycles. The molecule has 0 aliphatic carbocycles. The average Bonchev–Trinajstić information content (AvgIpc) is 2.70. The van der Waals surface area contributed by atoms with Gasteiger partial charge in [0.15, 0.2) is 0 Å². The molecule has 0 unspecified atom stereocenters. The topological polar surface area (TPSA) is 41.6 Å². The van der Waals surface area contributed by atoms with Crippen LogP contribution in [0.15, 0.2) is 84.9 Å². The molecule has 0 aromatic heterocycles. The van der Waals surface area contributed by atoms with E-state index in [2.05, 4.69) is 17.4 Å². The van der Waals surface area contributed by atoms with Crippen molar-refractivity contribution in [3.63, 3.8) is 0 Å². The minimum atomic E-state index is -0.158. The van der Waals surface area contributed by atoms with Crippen LogP contribution >= 0.6 is 0 Å². The number of ether oxygens (including phenoxy) is 1. The highest BCUT2D eigenvalue weighted by Crippen LogP contribution is 2.21. The number of hydrogen-bond donors (Lipinski definition) is 1. The minimum absolute atomic E-state index is 0.158. The number of carbonyl (C=O) groups excluding carboxylic acids is 1. The number of nitrogens with zero attached hydrogens (tertiary/aromatic N) is 1. The van der Waals surface area contributed by atoms with E-state index in [0.29, 0.717) is 13.2 Å². The maximum atomic E-state index is 12.3. The van der Waals surface area contributed by atoms with Gasteiger partial charge in [-0.2, -0.15) is 0 Å². The molecular weight excluding hydrogens is 324 g/mol. The van der Waals surface area contributed by atoms with E-state index in [9.17, 15) is 4.79 Å². The number of nitrogens with one attached hydrogen (secondary N) is 1. The minimum Gasteiger partial charge on any atom is -0.492 e. The molecule has 0 radical (unpaired) electrons. The molecule has 4 heteroatoms. The standard InChI is InChI=1S/C22H22N2O2/c1-24(16-17-26-21-10-6-3-7-11-21)22(25)23-20-14-12-19(13-15-20)18-8-4-2-5-9-18/h2-15H,16-17H2,1H3,(H,23,25).